The van der Waals surface area contributed by atoms with E-state index in [9.17, 15) is 9.59 Å². The van der Waals surface area contributed by atoms with E-state index in [1.165, 1.54) is 0 Å². The summed E-state index contributed by atoms with van der Waals surface area (Å²) in [6, 6.07) is 7.47. The fraction of sp³-hybridized carbons (Fsp3) is 0.556. The van der Waals surface area contributed by atoms with Gasteiger partial charge in [0.05, 0.1) is 18.7 Å². The summed E-state index contributed by atoms with van der Waals surface area (Å²) in [7, 11) is 1.60. The number of methoxy groups -OCH3 is 1. The monoisotopic (exact) mass is 329 g/mol. The maximum absolute atomic E-state index is 12.9. The molecule has 3 fully saturated rings. The van der Waals surface area contributed by atoms with Gasteiger partial charge in [-0.1, -0.05) is 12.1 Å². The van der Waals surface area contributed by atoms with Crippen LogP contribution in [0.25, 0.3) is 0 Å². The number of para-hydroxylation sites is 2. The molecule has 1 aromatic rings. The van der Waals surface area contributed by atoms with E-state index in [1.807, 2.05) is 29.2 Å². The van der Waals surface area contributed by atoms with Crippen LogP contribution in [0, 0.1) is 17.8 Å². The van der Waals surface area contributed by atoms with Crippen LogP contribution < -0.4 is 15.0 Å². The lowest BCUT2D eigenvalue weighted by atomic mass is 10.0. The first-order valence-corrected chi connectivity index (χ1v) is 8.60. The lowest BCUT2D eigenvalue weighted by molar-refractivity contribution is -0.135. The van der Waals surface area contributed by atoms with Gasteiger partial charge in [-0.3, -0.25) is 9.59 Å². The minimum atomic E-state index is -0.241. The van der Waals surface area contributed by atoms with Crippen LogP contribution in [0.1, 0.15) is 6.42 Å². The van der Waals surface area contributed by atoms with E-state index < -0.39 is 0 Å². The zero-order chi connectivity index (χ0) is 16.7. The molecule has 0 bridgehead atoms. The molecule has 3 saturated heterocycles. The quantitative estimate of drug-likeness (QED) is 0.888. The molecule has 2 amide bonds. The van der Waals surface area contributed by atoms with E-state index in [-0.39, 0.29) is 17.7 Å². The molecule has 3 heterocycles. The Hall–Kier alpha value is -2.08. The number of carbonyl (C=O) groups excluding carboxylic acids is 2. The van der Waals surface area contributed by atoms with Crippen LogP contribution in [0.15, 0.2) is 24.3 Å². The third-order valence-corrected chi connectivity index (χ3v) is 5.55. The van der Waals surface area contributed by atoms with Crippen molar-refractivity contribution in [3.63, 3.8) is 0 Å². The number of rotatable bonds is 3. The number of hydrogen-bond donors (Lipinski definition) is 1. The average molecular weight is 329 g/mol. The molecule has 3 atom stereocenters. The molecule has 1 unspecified atom stereocenters. The highest BCUT2D eigenvalue weighted by molar-refractivity contribution is 6.01. The largest absolute Gasteiger partial charge is 0.495 e. The van der Waals surface area contributed by atoms with E-state index in [0.29, 0.717) is 30.6 Å². The Morgan fingerprint density at radius 2 is 1.88 bits per heavy atom. The Morgan fingerprint density at radius 3 is 2.58 bits per heavy atom. The Kier molecular flexibility index (Phi) is 3.92. The van der Waals surface area contributed by atoms with Gasteiger partial charge in [0.2, 0.25) is 11.8 Å². The first-order chi connectivity index (χ1) is 11.7. The second kappa shape index (κ2) is 6.09. The van der Waals surface area contributed by atoms with Gasteiger partial charge in [-0.25, -0.2) is 0 Å². The molecule has 3 aliphatic rings. The summed E-state index contributed by atoms with van der Waals surface area (Å²) >= 11 is 0. The number of fused-ring (bicyclic) bond motifs is 1. The van der Waals surface area contributed by atoms with Crippen molar-refractivity contribution in [2.45, 2.75) is 6.42 Å². The molecule has 128 valence electrons. The molecule has 0 aliphatic carbocycles. The number of hydrogen-bond acceptors (Lipinski definition) is 4. The van der Waals surface area contributed by atoms with E-state index in [0.717, 1.165) is 31.9 Å². The number of benzene rings is 1. The lowest BCUT2D eigenvalue weighted by Gasteiger charge is -2.22. The van der Waals surface area contributed by atoms with Crippen LogP contribution >= 0.6 is 0 Å². The van der Waals surface area contributed by atoms with Crippen molar-refractivity contribution in [3.8, 4) is 5.75 Å². The number of nitrogens with zero attached hydrogens (tertiary/aromatic N) is 2. The summed E-state index contributed by atoms with van der Waals surface area (Å²) < 4.78 is 5.36. The van der Waals surface area contributed by atoms with Crippen LogP contribution in [0.5, 0.6) is 5.75 Å². The number of amides is 2. The number of likely N-dealkylation sites (tertiary alicyclic amines) is 1. The van der Waals surface area contributed by atoms with E-state index in [1.54, 1.807) is 12.0 Å². The molecule has 1 aromatic carbocycles. The second-order valence-electron chi connectivity index (χ2n) is 7.00. The molecular weight excluding hydrogens is 306 g/mol. The molecule has 0 spiro atoms. The first-order valence-electron chi connectivity index (χ1n) is 8.60. The van der Waals surface area contributed by atoms with Gasteiger partial charge in [0.15, 0.2) is 0 Å². The van der Waals surface area contributed by atoms with Gasteiger partial charge < -0.3 is 19.9 Å². The van der Waals surface area contributed by atoms with Gasteiger partial charge in [-0.15, -0.1) is 0 Å². The zero-order valence-electron chi connectivity index (χ0n) is 13.9. The van der Waals surface area contributed by atoms with Gasteiger partial charge in [0, 0.05) is 39.1 Å². The Balaban J connectivity index is 1.47. The maximum Gasteiger partial charge on any atom is 0.228 e. The summed E-state index contributed by atoms with van der Waals surface area (Å²) in [4.78, 5) is 29.0. The fourth-order valence-corrected chi connectivity index (χ4v) is 4.25. The van der Waals surface area contributed by atoms with E-state index >= 15 is 0 Å². The van der Waals surface area contributed by atoms with Crippen molar-refractivity contribution in [1.82, 2.24) is 10.2 Å². The van der Waals surface area contributed by atoms with Crippen molar-refractivity contribution in [2.24, 2.45) is 17.8 Å². The highest BCUT2D eigenvalue weighted by atomic mass is 16.5. The second-order valence-corrected chi connectivity index (χ2v) is 7.00. The Morgan fingerprint density at radius 1 is 1.17 bits per heavy atom. The Labute approximate surface area is 141 Å². The van der Waals surface area contributed by atoms with Gasteiger partial charge in [0.25, 0.3) is 0 Å². The predicted molar refractivity (Wildman–Crippen MR) is 89.9 cm³/mol. The van der Waals surface area contributed by atoms with Gasteiger partial charge in [-0.05, 0) is 24.0 Å². The number of nitrogens with one attached hydrogen (secondary N) is 1. The standard InChI is InChI=1S/C18H23N3O3/c1-24-16-5-3-2-4-15(16)21-11-12(6-17(21)22)18(23)20-9-13-7-19-8-14(13)10-20/h2-5,12-14,19H,6-11H2,1H3/t12?,13-,14+. The van der Waals surface area contributed by atoms with Crippen LogP contribution in [-0.4, -0.2) is 56.5 Å². The fourth-order valence-electron chi connectivity index (χ4n) is 4.25. The van der Waals surface area contributed by atoms with E-state index in [2.05, 4.69) is 5.32 Å². The van der Waals surface area contributed by atoms with Crippen LogP contribution in [0.2, 0.25) is 0 Å². The molecule has 1 N–H and O–H groups in total. The highest BCUT2D eigenvalue weighted by Crippen LogP contribution is 2.34. The topological polar surface area (TPSA) is 61.9 Å². The van der Waals surface area contributed by atoms with Crippen LogP contribution in [0.3, 0.4) is 0 Å². The number of carbonyl (C=O) groups is 2. The minimum Gasteiger partial charge on any atom is -0.495 e. The lowest BCUT2D eigenvalue weighted by Crippen LogP contribution is -2.37. The Bertz CT molecular complexity index is 651. The molecule has 24 heavy (non-hydrogen) atoms. The van der Waals surface area contributed by atoms with Crippen LogP contribution in [0.4, 0.5) is 5.69 Å². The molecular formula is C18H23N3O3. The molecule has 0 radical (unpaired) electrons. The minimum absolute atomic E-state index is 0.00101. The average Bonchev–Trinajstić information content (AvgIpc) is 3.28. The summed E-state index contributed by atoms with van der Waals surface area (Å²) in [5.41, 5.74) is 0.753. The SMILES string of the molecule is COc1ccccc1N1CC(C(=O)N2C[C@H]3CNC[C@H]3C2)CC1=O. The van der Waals surface area contributed by atoms with Gasteiger partial charge >= 0.3 is 0 Å². The van der Waals surface area contributed by atoms with Crippen molar-refractivity contribution in [3.05, 3.63) is 24.3 Å². The van der Waals surface area contributed by atoms with Gasteiger partial charge in [-0.2, -0.15) is 0 Å². The van der Waals surface area contributed by atoms with Crippen molar-refractivity contribution >= 4 is 17.5 Å². The highest BCUT2D eigenvalue weighted by Gasteiger charge is 2.43. The van der Waals surface area contributed by atoms with Crippen LogP contribution in [-0.2, 0) is 9.59 Å². The maximum atomic E-state index is 12.9. The summed E-state index contributed by atoms with van der Waals surface area (Å²) in [5, 5.41) is 3.39. The number of anilines is 1. The number of ether oxygens (including phenoxy) is 1. The smallest absolute Gasteiger partial charge is 0.228 e. The first kappa shape index (κ1) is 15.4. The normalized spacial score (nSPS) is 29.2. The molecule has 6 heteroatoms. The van der Waals surface area contributed by atoms with E-state index in [4.69, 9.17) is 4.74 Å². The van der Waals surface area contributed by atoms with Crippen molar-refractivity contribution < 1.29 is 14.3 Å². The molecule has 0 saturated carbocycles. The van der Waals surface area contributed by atoms with Gasteiger partial charge in [0.1, 0.15) is 5.75 Å². The molecule has 0 aromatic heterocycles. The summed E-state index contributed by atoms with van der Waals surface area (Å²) in [6.45, 7) is 4.12. The molecule has 4 rings (SSSR count). The third kappa shape index (κ3) is 2.55. The predicted octanol–water partition coefficient (Wildman–Crippen LogP) is 0.726. The third-order valence-electron chi connectivity index (χ3n) is 5.55. The van der Waals surface area contributed by atoms with Crippen molar-refractivity contribution in [1.29, 1.82) is 0 Å². The summed E-state index contributed by atoms with van der Waals surface area (Å²) in [6.07, 6.45) is 0.293. The molecule has 6 nitrogen and oxygen atoms in total. The van der Waals surface area contributed by atoms with Crippen molar-refractivity contribution in [2.75, 3.05) is 44.7 Å². The summed E-state index contributed by atoms with van der Waals surface area (Å²) in [5.74, 6) is 1.72. The zero-order valence-corrected chi connectivity index (χ0v) is 13.9. The molecule has 3 aliphatic heterocycles.